The number of carbonyl (C=O) groups is 3. The number of carboxylic acids is 1. The summed E-state index contributed by atoms with van der Waals surface area (Å²) in [5.74, 6) is -5.96. The molecular formula is C18H21ClF3N3O4. The molecule has 3 N–H and O–H groups in total. The Labute approximate surface area is 171 Å². The van der Waals surface area contributed by atoms with Crippen LogP contribution in [0.25, 0.3) is 0 Å². The molecule has 2 fully saturated rings. The summed E-state index contributed by atoms with van der Waals surface area (Å²) in [4.78, 5) is 36.5. The number of amides is 2. The second kappa shape index (κ2) is 9.00. The summed E-state index contributed by atoms with van der Waals surface area (Å²) in [6.45, 7) is -1.26. The van der Waals surface area contributed by atoms with E-state index in [1.807, 2.05) is 0 Å². The van der Waals surface area contributed by atoms with E-state index in [0.29, 0.717) is 11.3 Å². The van der Waals surface area contributed by atoms with Gasteiger partial charge < -0.3 is 15.7 Å². The van der Waals surface area contributed by atoms with Gasteiger partial charge in [0.15, 0.2) is 0 Å². The molecule has 11 heteroatoms. The van der Waals surface area contributed by atoms with Crippen LogP contribution in [-0.2, 0) is 9.59 Å². The van der Waals surface area contributed by atoms with Gasteiger partial charge in [-0.2, -0.15) is 13.2 Å². The lowest BCUT2D eigenvalue weighted by Crippen LogP contribution is -2.34. The highest BCUT2D eigenvalue weighted by atomic mass is 35.5. The Bertz CT molecular complexity index is 786. The molecule has 0 bridgehead atoms. The van der Waals surface area contributed by atoms with Gasteiger partial charge in [0.05, 0.1) is 18.4 Å². The monoisotopic (exact) mass is 435 g/mol. The van der Waals surface area contributed by atoms with Crippen molar-refractivity contribution in [2.75, 3.05) is 25.0 Å². The summed E-state index contributed by atoms with van der Waals surface area (Å²) in [6, 6.07) is 6.42. The Hall–Kier alpha value is -2.33. The second-order valence-electron chi connectivity index (χ2n) is 7.16. The summed E-state index contributed by atoms with van der Waals surface area (Å²) in [6.07, 6.45) is -2.76. The molecular weight excluding hydrogens is 415 g/mol. The minimum atomic E-state index is -4.64. The van der Waals surface area contributed by atoms with Gasteiger partial charge in [-0.05, 0) is 31.0 Å². The lowest BCUT2D eigenvalue weighted by molar-refractivity contribution is -0.188. The largest absolute Gasteiger partial charge is 0.481 e. The van der Waals surface area contributed by atoms with Crippen LogP contribution in [-0.4, -0.2) is 59.6 Å². The average molecular weight is 436 g/mol. The summed E-state index contributed by atoms with van der Waals surface area (Å²) >= 11 is 0. The van der Waals surface area contributed by atoms with E-state index in [4.69, 9.17) is 5.11 Å². The number of carboxylic acid groups (broad SMARTS) is 1. The molecule has 0 aromatic heterocycles. The Morgan fingerprint density at radius 3 is 2.41 bits per heavy atom. The number of alkyl halides is 3. The predicted molar refractivity (Wildman–Crippen MR) is 99.9 cm³/mol. The molecule has 1 saturated heterocycles. The van der Waals surface area contributed by atoms with Crippen LogP contribution in [0.1, 0.15) is 23.2 Å². The number of nitrogens with one attached hydrogen (secondary N) is 2. The second-order valence-corrected chi connectivity index (χ2v) is 7.16. The predicted octanol–water partition coefficient (Wildman–Crippen LogP) is 2.13. The molecule has 2 atom stereocenters. The summed E-state index contributed by atoms with van der Waals surface area (Å²) in [5, 5.41) is 14.4. The van der Waals surface area contributed by atoms with Crippen molar-refractivity contribution in [3.8, 4) is 0 Å². The van der Waals surface area contributed by atoms with Crippen molar-refractivity contribution in [2.24, 2.45) is 11.8 Å². The van der Waals surface area contributed by atoms with Crippen molar-refractivity contribution in [3.63, 3.8) is 0 Å². The van der Waals surface area contributed by atoms with E-state index in [1.54, 1.807) is 18.2 Å². The van der Waals surface area contributed by atoms with Gasteiger partial charge >= 0.3 is 12.1 Å². The number of halogens is 4. The Morgan fingerprint density at radius 1 is 1.17 bits per heavy atom. The van der Waals surface area contributed by atoms with Crippen LogP contribution in [0.4, 0.5) is 18.9 Å². The van der Waals surface area contributed by atoms with Crippen LogP contribution < -0.4 is 10.6 Å². The first-order chi connectivity index (χ1) is 13.1. The summed E-state index contributed by atoms with van der Waals surface area (Å²) < 4.78 is 39.0. The highest BCUT2D eigenvalue weighted by Gasteiger charge is 2.52. The van der Waals surface area contributed by atoms with E-state index in [2.05, 4.69) is 10.6 Å². The zero-order chi connectivity index (χ0) is 20.5. The molecule has 0 unspecified atom stereocenters. The van der Waals surface area contributed by atoms with Gasteiger partial charge in [0, 0.05) is 30.4 Å². The molecule has 2 aliphatic rings. The van der Waals surface area contributed by atoms with Gasteiger partial charge in [-0.25, -0.2) is 0 Å². The summed E-state index contributed by atoms with van der Waals surface area (Å²) in [7, 11) is 0. The van der Waals surface area contributed by atoms with Crippen LogP contribution in [0.5, 0.6) is 0 Å². The molecule has 0 spiro atoms. The van der Waals surface area contributed by atoms with E-state index in [9.17, 15) is 27.6 Å². The molecule has 29 heavy (non-hydrogen) atoms. The minimum Gasteiger partial charge on any atom is -0.481 e. The van der Waals surface area contributed by atoms with Crippen LogP contribution in [0.15, 0.2) is 24.3 Å². The minimum absolute atomic E-state index is 0. The smallest absolute Gasteiger partial charge is 0.393 e. The first-order valence-corrected chi connectivity index (χ1v) is 8.86. The Balaban J connectivity index is 0.00000300. The lowest BCUT2D eigenvalue weighted by Gasteiger charge is -2.18. The fourth-order valence-corrected chi connectivity index (χ4v) is 3.23. The molecule has 1 aliphatic carbocycles. The van der Waals surface area contributed by atoms with Gasteiger partial charge in [0.1, 0.15) is 0 Å². The number of hydrogen-bond acceptors (Lipinski definition) is 4. The van der Waals surface area contributed by atoms with Crippen molar-refractivity contribution in [3.05, 3.63) is 29.8 Å². The lowest BCUT2D eigenvalue weighted by atomic mass is 9.96. The number of aliphatic carboxylic acids is 1. The van der Waals surface area contributed by atoms with Crippen LogP contribution >= 0.6 is 12.4 Å². The SMILES string of the molecule is Cl.O=C(CN1C[C@@H](C(F)(F)F)[C@H](C(=O)O)C1)Nc1cccc(C(=O)NC2CC2)c1. The molecule has 3 rings (SSSR count). The maximum Gasteiger partial charge on any atom is 0.393 e. The van der Waals surface area contributed by atoms with Crippen molar-refractivity contribution in [2.45, 2.75) is 25.1 Å². The Morgan fingerprint density at radius 2 is 1.86 bits per heavy atom. The van der Waals surface area contributed by atoms with E-state index in [-0.39, 0.29) is 37.4 Å². The van der Waals surface area contributed by atoms with Crippen LogP contribution in [0.3, 0.4) is 0 Å². The third kappa shape index (κ3) is 6.07. The number of likely N-dealkylation sites (tertiary alicyclic amines) is 1. The van der Waals surface area contributed by atoms with E-state index < -0.39 is 36.4 Å². The highest BCUT2D eigenvalue weighted by Crippen LogP contribution is 2.37. The molecule has 2 amide bonds. The quantitative estimate of drug-likeness (QED) is 0.636. The van der Waals surface area contributed by atoms with Gasteiger partial charge in [-0.15, -0.1) is 12.4 Å². The summed E-state index contributed by atoms with van der Waals surface area (Å²) in [5.41, 5.74) is 0.712. The molecule has 1 aromatic carbocycles. The fraction of sp³-hybridized carbons (Fsp3) is 0.500. The van der Waals surface area contributed by atoms with Crippen molar-refractivity contribution < 1.29 is 32.7 Å². The van der Waals surface area contributed by atoms with Crippen LogP contribution in [0.2, 0.25) is 0 Å². The number of carbonyl (C=O) groups excluding carboxylic acids is 2. The molecule has 1 heterocycles. The molecule has 160 valence electrons. The highest BCUT2D eigenvalue weighted by molar-refractivity contribution is 5.97. The van der Waals surface area contributed by atoms with Crippen LogP contribution in [0, 0.1) is 11.8 Å². The van der Waals surface area contributed by atoms with Crippen molar-refractivity contribution in [1.82, 2.24) is 10.2 Å². The number of hydrogen-bond donors (Lipinski definition) is 3. The van der Waals surface area contributed by atoms with E-state index >= 15 is 0 Å². The zero-order valence-corrected chi connectivity index (χ0v) is 16.1. The van der Waals surface area contributed by atoms with E-state index in [1.165, 1.54) is 11.0 Å². The standard InChI is InChI=1S/C18H20F3N3O4.ClH/c19-18(20,21)14-8-24(7-13(14)17(27)28)9-15(25)22-12-3-1-2-10(6-12)16(26)23-11-4-5-11;/h1-3,6,11,13-14H,4-5,7-9H2,(H,22,25)(H,23,26)(H,27,28);1H/t13-,14-;/m1./s1. The molecule has 0 radical (unpaired) electrons. The Kier molecular flexibility index (Phi) is 7.12. The normalized spacial score (nSPS) is 21.9. The third-order valence-corrected chi connectivity index (χ3v) is 4.82. The molecule has 1 saturated carbocycles. The molecule has 7 nitrogen and oxygen atoms in total. The maximum atomic E-state index is 13.0. The average Bonchev–Trinajstić information content (AvgIpc) is 3.30. The topological polar surface area (TPSA) is 98.7 Å². The number of anilines is 1. The maximum absolute atomic E-state index is 13.0. The first-order valence-electron chi connectivity index (χ1n) is 8.86. The van der Waals surface area contributed by atoms with Gasteiger partial charge in [0.2, 0.25) is 5.91 Å². The number of rotatable bonds is 6. The van der Waals surface area contributed by atoms with Gasteiger partial charge in [-0.1, -0.05) is 6.07 Å². The number of benzene rings is 1. The van der Waals surface area contributed by atoms with Crippen molar-refractivity contribution in [1.29, 1.82) is 0 Å². The van der Waals surface area contributed by atoms with Gasteiger partial charge in [0.25, 0.3) is 5.91 Å². The zero-order valence-electron chi connectivity index (χ0n) is 15.2. The molecule has 1 aromatic rings. The number of nitrogens with zero attached hydrogens (tertiary/aromatic N) is 1. The molecule has 1 aliphatic heterocycles. The first kappa shape index (κ1) is 23.0. The third-order valence-electron chi connectivity index (χ3n) is 4.82. The van der Waals surface area contributed by atoms with Gasteiger partial charge in [-0.3, -0.25) is 19.3 Å². The van der Waals surface area contributed by atoms with Crippen molar-refractivity contribution >= 4 is 35.9 Å². The van der Waals surface area contributed by atoms with E-state index in [0.717, 1.165) is 12.8 Å². The fourth-order valence-electron chi connectivity index (χ4n) is 3.23.